The van der Waals surface area contributed by atoms with Crippen molar-refractivity contribution in [2.24, 2.45) is 0 Å². The van der Waals surface area contributed by atoms with Crippen LogP contribution in [0.3, 0.4) is 0 Å². The number of H-pyrrole nitrogens is 1. The lowest BCUT2D eigenvalue weighted by atomic mass is 9.94. The van der Waals surface area contributed by atoms with Crippen LogP contribution in [-0.2, 0) is 6.42 Å². The molecule has 0 aromatic carbocycles. The van der Waals surface area contributed by atoms with Crippen LogP contribution < -0.4 is 0 Å². The lowest BCUT2D eigenvalue weighted by molar-refractivity contribution is 0.794. The van der Waals surface area contributed by atoms with Gasteiger partial charge in [-0.1, -0.05) is 6.58 Å². The van der Waals surface area contributed by atoms with Gasteiger partial charge in [0.05, 0.1) is 6.20 Å². The Balaban J connectivity index is 2.50. The predicted molar refractivity (Wildman–Crippen MR) is 40.6 cm³/mol. The zero-order valence-electron chi connectivity index (χ0n) is 5.85. The highest BCUT2D eigenvalue weighted by Gasteiger charge is 2.12. The summed E-state index contributed by atoms with van der Waals surface area (Å²) >= 11 is 0. The molecule has 1 aromatic rings. The van der Waals surface area contributed by atoms with Gasteiger partial charge in [0.25, 0.3) is 0 Å². The van der Waals surface area contributed by atoms with Crippen molar-refractivity contribution in [1.82, 2.24) is 10.2 Å². The van der Waals surface area contributed by atoms with Gasteiger partial charge in [0.1, 0.15) is 0 Å². The second kappa shape index (κ2) is 1.97. The van der Waals surface area contributed by atoms with Gasteiger partial charge in [-0.2, -0.15) is 5.10 Å². The molecule has 2 heteroatoms. The number of aromatic amines is 1. The molecule has 0 fully saturated rings. The maximum absolute atomic E-state index is 3.97. The Morgan fingerprint density at radius 1 is 1.50 bits per heavy atom. The van der Waals surface area contributed by atoms with Crippen molar-refractivity contribution in [2.45, 2.75) is 19.3 Å². The average Bonchev–Trinajstić information content (AvgIpc) is 2.36. The molecule has 1 aromatic heterocycles. The van der Waals surface area contributed by atoms with Gasteiger partial charge in [-0.15, -0.1) is 0 Å². The first-order valence-corrected chi connectivity index (χ1v) is 3.58. The minimum atomic E-state index is 1.13. The Bertz CT molecular complexity index is 260. The van der Waals surface area contributed by atoms with Crippen molar-refractivity contribution in [1.29, 1.82) is 0 Å². The number of nitrogens with one attached hydrogen (secondary N) is 1. The number of rotatable bonds is 0. The zero-order valence-corrected chi connectivity index (χ0v) is 5.85. The molecule has 2 nitrogen and oxygen atoms in total. The average molecular weight is 134 g/mol. The summed E-state index contributed by atoms with van der Waals surface area (Å²) in [5.74, 6) is 0. The van der Waals surface area contributed by atoms with Crippen molar-refractivity contribution in [2.75, 3.05) is 0 Å². The maximum atomic E-state index is 3.97. The summed E-state index contributed by atoms with van der Waals surface area (Å²) in [6, 6.07) is 0. The molecule has 2 rings (SSSR count). The second-order valence-electron chi connectivity index (χ2n) is 2.72. The van der Waals surface area contributed by atoms with E-state index in [0.29, 0.717) is 0 Å². The van der Waals surface area contributed by atoms with Crippen LogP contribution in [0.4, 0.5) is 0 Å². The standard InChI is InChI=1S/C8H10N2/c1-6-3-2-4-8-7(6)5-9-10-8/h5H,1-4H2,(H,9,10). The van der Waals surface area contributed by atoms with Crippen molar-refractivity contribution in [3.63, 3.8) is 0 Å². The van der Waals surface area contributed by atoms with Gasteiger partial charge in [0.15, 0.2) is 0 Å². The number of hydrogen-bond donors (Lipinski definition) is 1. The SMILES string of the molecule is C=C1CCCc2[nH]ncc21. The van der Waals surface area contributed by atoms with Gasteiger partial charge >= 0.3 is 0 Å². The topological polar surface area (TPSA) is 28.7 Å². The van der Waals surface area contributed by atoms with Crippen LogP contribution in [0.5, 0.6) is 0 Å². The van der Waals surface area contributed by atoms with E-state index in [4.69, 9.17) is 0 Å². The number of nitrogens with zero attached hydrogens (tertiary/aromatic N) is 1. The summed E-state index contributed by atoms with van der Waals surface area (Å²) in [7, 11) is 0. The molecule has 1 aliphatic carbocycles. The molecule has 0 atom stereocenters. The summed E-state index contributed by atoms with van der Waals surface area (Å²) in [5.41, 5.74) is 3.73. The van der Waals surface area contributed by atoms with Crippen LogP contribution in [0.1, 0.15) is 24.1 Å². The number of hydrogen-bond acceptors (Lipinski definition) is 1. The van der Waals surface area contributed by atoms with Gasteiger partial charge in [-0.3, -0.25) is 5.10 Å². The third-order valence-corrected chi connectivity index (χ3v) is 2.00. The van der Waals surface area contributed by atoms with E-state index in [0.717, 1.165) is 12.8 Å². The largest absolute Gasteiger partial charge is 0.282 e. The molecular formula is C8H10N2. The molecule has 0 aliphatic heterocycles. The minimum absolute atomic E-state index is 1.13. The molecule has 0 spiro atoms. The monoisotopic (exact) mass is 134 g/mol. The highest BCUT2D eigenvalue weighted by Crippen LogP contribution is 2.26. The Kier molecular flexibility index (Phi) is 1.13. The third kappa shape index (κ3) is 0.685. The zero-order chi connectivity index (χ0) is 6.97. The molecule has 1 aliphatic rings. The molecule has 52 valence electrons. The number of aromatic nitrogens is 2. The number of aryl methyl sites for hydroxylation is 1. The van der Waals surface area contributed by atoms with Crippen LogP contribution >= 0.6 is 0 Å². The minimum Gasteiger partial charge on any atom is -0.282 e. The summed E-state index contributed by atoms with van der Waals surface area (Å²) in [4.78, 5) is 0. The number of allylic oxidation sites excluding steroid dienone is 1. The smallest absolute Gasteiger partial charge is 0.0565 e. The molecule has 0 radical (unpaired) electrons. The lowest BCUT2D eigenvalue weighted by Crippen LogP contribution is -1.98. The van der Waals surface area contributed by atoms with Gasteiger partial charge in [-0.25, -0.2) is 0 Å². The molecule has 0 bridgehead atoms. The van der Waals surface area contributed by atoms with E-state index < -0.39 is 0 Å². The summed E-state index contributed by atoms with van der Waals surface area (Å²) in [6.07, 6.45) is 5.35. The summed E-state index contributed by atoms with van der Waals surface area (Å²) < 4.78 is 0. The van der Waals surface area contributed by atoms with Crippen molar-refractivity contribution in [3.05, 3.63) is 24.0 Å². The predicted octanol–water partition coefficient (Wildman–Crippen LogP) is 1.76. The highest BCUT2D eigenvalue weighted by atomic mass is 15.1. The molecular weight excluding hydrogens is 124 g/mol. The molecule has 10 heavy (non-hydrogen) atoms. The molecule has 1 N–H and O–H groups in total. The van der Waals surface area contributed by atoms with Crippen LogP contribution in [0, 0.1) is 0 Å². The molecule has 0 saturated carbocycles. The quantitative estimate of drug-likeness (QED) is 0.575. The van der Waals surface area contributed by atoms with Gasteiger partial charge in [-0.05, 0) is 24.8 Å². The summed E-state index contributed by atoms with van der Waals surface area (Å²) in [6.45, 7) is 3.97. The van der Waals surface area contributed by atoms with E-state index in [9.17, 15) is 0 Å². The Hall–Kier alpha value is -1.05. The van der Waals surface area contributed by atoms with Crippen LogP contribution in [0.25, 0.3) is 5.57 Å². The lowest BCUT2D eigenvalue weighted by Gasteiger charge is -2.11. The normalized spacial score (nSPS) is 17.0. The molecule has 0 unspecified atom stereocenters. The van der Waals surface area contributed by atoms with E-state index >= 15 is 0 Å². The Morgan fingerprint density at radius 2 is 2.40 bits per heavy atom. The first-order chi connectivity index (χ1) is 4.88. The fourth-order valence-corrected chi connectivity index (χ4v) is 1.42. The maximum Gasteiger partial charge on any atom is 0.0565 e. The van der Waals surface area contributed by atoms with Gasteiger partial charge in [0, 0.05) is 11.3 Å². The molecule has 0 amide bonds. The fraction of sp³-hybridized carbons (Fsp3) is 0.375. The van der Waals surface area contributed by atoms with E-state index in [1.807, 2.05) is 6.20 Å². The van der Waals surface area contributed by atoms with Gasteiger partial charge < -0.3 is 0 Å². The Labute approximate surface area is 60.0 Å². The summed E-state index contributed by atoms with van der Waals surface area (Å²) in [5, 5.41) is 6.95. The third-order valence-electron chi connectivity index (χ3n) is 2.00. The van der Waals surface area contributed by atoms with E-state index in [1.54, 1.807) is 0 Å². The van der Waals surface area contributed by atoms with Gasteiger partial charge in [0.2, 0.25) is 0 Å². The first kappa shape index (κ1) is 5.71. The molecule has 1 heterocycles. The first-order valence-electron chi connectivity index (χ1n) is 3.58. The van der Waals surface area contributed by atoms with Crippen molar-refractivity contribution in [3.8, 4) is 0 Å². The van der Waals surface area contributed by atoms with Crippen molar-refractivity contribution < 1.29 is 0 Å². The van der Waals surface area contributed by atoms with Crippen LogP contribution in [-0.4, -0.2) is 10.2 Å². The van der Waals surface area contributed by atoms with E-state index in [2.05, 4.69) is 16.8 Å². The van der Waals surface area contributed by atoms with E-state index in [-0.39, 0.29) is 0 Å². The van der Waals surface area contributed by atoms with E-state index in [1.165, 1.54) is 23.3 Å². The highest BCUT2D eigenvalue weighted by molar-refractivity contribution is 5.65. The fourth-order valence-electron chi connectivity index (χ4n) is 1.42. The Morgan fingerprint density at radius 3 is 3.20 bits per heavy atom. The second-order valence-corrected chi connectivity index (χ2v) is 2.72. The van der Waals surface area contributed by atoms with Crippen LogP contribution in [0.2, 0.25) is 0 Å². The number of fused-ring (bicyclic) bond motifs is 1. The molecule has 0 saturated heterocycles. The van der Waals surface area contributed by atoms with Crippen LogP contribution in [0.15, 0.2) is 12.8 Å². The van der Waals surface area contributed by atoms with Crippen molar-refractivity contribution >= 4 is 5.57 Å².